The number of nitrogens with zero attached hydrogens (tertiary/aromatic N) is 3. The van der Waals surface area contributed by atoms with Crippen LogP contribution in [0.1, 0.15) is 59.1 Å². The Hall–Kier alpha value is -2.28. The number of hydrogen-bond donors (Lipinski definition) is 0. The molecule has 0 N–H and O–H groups in total. The van der Waals surface area contributed by atoms with Gasteiger partial charge in [0.2, 0.25) is 0 Å². The van der Waals surface area contributed by atoms with Crippen LogP contribution in [-0.4, -0.2) is 77.4 Å². The number of carbonyl (C=O) groups is 2. The lowest BCUT2D eigenvalue weighted by molar-refractivity contribution is 0.0155. The van der Waals surface area contributed by atoms with Crippen LogP contribution in [0.25, 0.3) is 0 Å². The Bertz CT molecular complexity index is 767. The van der Waals surface area contributed by atoms with E-state index in [-0.39, 0.29) is 24.2 Å². The standard InChI is InChI=1S/C24H37N3O4/c1-23(2,3)31-22(29)25-14-12-19(13-15-25)27-20(18-10-8-7-9-11-18)16-26(21(27)28)24(4,5)17-30-6/h7-11,19-20H,12-17H2,1-6H3. The highest BCUT2D eigenvalue weighted by Crippen LogP contribution is 2.38. The molecule has 0 spiro atoms. The van der Waals surface area contributed by atoms with Gasteiger partial charge in [-0.2, -0.15) is 0 Å². The molecule has 0 radical (unpaired) electrons. The SMILES string of the molecule is COCC(C)(C)N1CC(c2ccccc2)N(C2CCN(C(=O)OC(C)(C)C)CC2)C1=O. The van der Waals surface area contributed by atoms with Crippen molar-refractivity contribution >= 4 is 12.1 Å². The minimum atomic E-state index is -0.509. The molecule has 31 heavy (non-hydrogen) atoms. The van der Waals surface area contributed by atoms with Gasteiger partial charge in [0.05, 0.1) is 18.2 Å². The normalized spacial score (nSPS) is 21.0. The van der Waals surface area contributed by atoms with Crippen LogP contribution >= 0.6 is 0 Å². The smallest absolute Gasteiger partial charge is 0.410 e. The van der Waals surface area contributed by atoms with Crippen molar-refractivity contribution in [2.75, 3.05) is 33.4 Å². The Balaban J connectivity index is 1.77. The zero-order valence-electron chi connectivity index (χ0n) is 19.8. The van der Waals surface area contributed by atoms with Crippen LogP contribution in [0.5, 0.6) is 0 Å². The van der Waals surface area contributed by atoms with Crippen molar-refractivity contribution in [3.05, 3.63) is 35.9 Å². The van der Waals surface area contributed by atoms with Crippen LogP contribution in [0.2, 0.25) is 0 Å². The Morgan fingerprint density at radius 1 is 1.06 bits per heavy atom. The van der Waals surface area contributed by atoms with Gasteiger partial charge >= 0.3 is 12.1 Å². The summed E-state index contributed by atoms with van der Waals surface area (Å²) in [5.74, 6) is 0. The summed E-state index contributed by atoms with van der Waals surface area (Å²) < 4.78 is 10.9. The second-order valence-corrected chi connectivity index (χ2v) is 10.2. The van der Waals surface area contributed by atoms with Gasteiger partial charge < -0.3 is 24.2 Å². The molecule has 2 saturated heterocycles. The van der Waals surface area contributed by atoms with E-state index >= 15 is 0 Å². The minimum absolute atomic E-state index is 0.0112. The minimum Gasteiger partial charge on any atom is -0.444 e. The number of hydrogen-bond acceptors (Lipinski definition) is 4. The van der Waals surface area contributed by atoms with Gasteiger partial charge in [-0.15, -0.1) is 0 Å². The van der Waals surface area contributed by atoms with E-state index in [4.69, 9.17) is 9.47 Å². The molecule has 2 aliphatic heterocycles. The summed E-state index contributed by atoms with van der Waals surface area (Å²) in [6.07, 6.45) is 1.21. The molecule has 1 aromatic carbocycles. The second kappa shape index (κ2) is 9.07. The fourth-order valence-electron chi connectivity index (χ4n) is 4.55. The van der Waals surface area contributed by atoms with Crippen molar-refractivity contribution in [2.24, 2.45) is 0 Å². The topological polar surface area (TPSA) is 62.3 Å². The number of rotatable bonds is 5. The van der Waals surface area contributed by atoms with Crippen molar-refractivity contribution in [3.8, 4) is 0 Å². The zero-order chi connectivity index (χ0) is 22.8. The quantitative estimate of drug-likeness (QED) is 0.698. The predicted octanol–water partition coefficient (Wildman–Crippen LogP) is 4.29. The number of amides is 3. The van der Waals surface area contributed by atoms with Gasteiger partial charge in [0.25, 0.3) is 0 Å². The van der Waals surface area contributed by atoms with Gasteiger partial charge in [0, 0.05) is 32.8 Å². The fourth-order valence-corrected chi connectivity index (χ4v) is 4.55. The van der Waals surface area contributed by atoms with Gasteiger partial charge in [0.1, 0.15) is 5.60 Å². The number of carbonyl (C=O) groups excluding carboxylic acids is 2. The summed E-state index contributed by atoms with van der Waals surface area (Å²) in [6, 6.07) is 10.3. The van der Waals surface area contributed by atoms with E-state index < -0.39 is 11.1 Å². The first-order valence-electron chi connectivity index (χ1n) is 11.2. The largest absolute Gasteiger partial charge is 0.444 e. The molecule has 1 aromatic rings. The van der Waals surface area contributed by atoms with Gasteiger partial charge in [-0.3, -0.25) is 0 Å². The fraction of sp³-hybridized carbons (Fsp3) is 0.667. The zero-order valence-corrected chi connectivity index (χ0v) is 19.8. The highest BCUT2D eigenvalue weighted by Gasteiger charge is 2.47. The molecule has 2 fully saturated rings. The maximum atomic E-state index is 13.6. The average Bonchev–Trinajstić information content (AvgIpc) is 3.05. The van der Waals surface area contributed by atoms with Crippen molar-refractivity contribution in [1.82, 2.24) is 14.7 Å². The molecule has 0 bridgehead atoms. The first kappa shape index (κ1) is 23.4. The monoisotopic (exact) mass is 431 g/mol. The first-order valence-corrected chi connectivity index (χ1v) is 11.2. The van der Waals surface area contributed by atoms with E-state index in [0.29, 0.717) is 26.2 Å². The summed E-state index contributed by atoms with van der Waals surface area (Å²) >= 11 is 0. The van der Waals surface area contributed by atoms with E-state index in [1.165, 1.54) is 0 Å². The maximum absolute atomic E-state index is 13.6. The molecule has 3 amide bonds. The van der Waals surface area contributed by atoms with Crippen LogP contribution in [0.4, 0.5) is 9.59 Å². The van der Waals surface area contributed by atoms with Gasteiger partial charge in [-0.05, 0) is 53.0 Å². The van der Waals surface area contributed by atoms with Gasteiger partial charge in [0.15, 0.2) is 0 Å². The Morgan fingerprint density at radius 3 is 2.23 bits per heavy atom. The van der Waals surface area contributed by atoms with Gasteiger partial charge in [-0.25, -0.2) is 9.59 Å². The number of benzene rings is 1. The molecule has 1 unspecified atom stereocenters. The second-order valence-electron chi connectivity index (χ2n) is 10.2. The van der Waals surface area contributed by atoms with Crippen LogP contribution in [0.15, 0.2) is 30.3 Å². The number of piperidine rings is 1. The van der Waals surface area contributed by atoms with Crippen LogP contribution in [0.3, 0.4) is 0 Å². The third-order valence-electron chi connectivity index (χ3n) is 6.07. The van der Waals surface area contributed by atoms with Crippen molar-refractivity contribution in [2.45, 2.75) is 70.7 Å². The Labute approximate surface area is 186 Å². The highest BCUT2D eigenvalue weighted by atomic mass is 16.6. The Kier molecular flexibility index (Phi) is 6.84. The third kappa shape index (κ3) is 5.32. The summed E-state index contributed by atoms with van der Waals surface area (Å²) in [5, 5.41) is 0. The molecule has 3 rings (SSSR count). The van der Waals surface area contributed by atoms with E-state index in [1.807, 2.05) is 62.6 Å². The van der Waals surface area contributed by atoms with E-state index in [0.717, 1.165) is 18.4 Å². The molecule has 0 aliphatic carbocycles. The lowest BCUT2D eigenvalue weighted by Gasteiger charge is -2.40. The number of ether oxygens (including phenoxy) is 2. The Morgan fingerprint density at radius 2 is 1.68 bits per heavy atom. The van der Waals surface area contributed by atoms with Crippen molar-refractivity contribution < 1.29 is 19.1 Å². The van der Waals surface area contributed by atoms with E-state index in [9.17, 15) is 9.59 Å². The molecular weight excluding hydrogens is 394 g/mol. The highest BCUT2D eigenvalue weighted by molar-refractivity contribution is 5.79. The van der Waals surface area contributed by atoms with Crippen LogP contribution < -0.4 is 0 Å². The van der Waals surface area contributed by atoms with Crippen LogP contribution in [0, 0.1) is 0 Å². The summed E-state index contributed by atoms with van der Waals surface area (Å²) in [7, 11) is 1.67. The van der Waals surface area contributed by atoms with Gasteiger partial charge in [-0.1, -0.05) is 30.3 Å². The third-order valence-corrected chi connectivity index (χ3v) is 6.07. The van der Waals surface area contributed by atoms with E-state index in [1.54, 1.807) is 12.0 Å². The molecule has 7 nitrogen and oxygen atoms in total. The first-order chi connectivity index (χ1) is 14.5. The molecule has 0 saturated carbocycles. The molecule has 2 aliphatic rings. The molecule has 2 heterocycles. The average molecular weight is 432 g/mol. The number of likely N-dealkylation sites (tertiary alicyclic amines) is 1. The number of methoxy groups -OCH3 is 1. The molecule has 172 valence electrons. The number of urea groups is 1. The van der Waals surface area contributed by atoms with E-state index in [2.05, 4.69) is 12.1 Å². The lowest BCUT2D eigenvalue weighted by atomic mass is 9.99. The molecule has 1 atom stereocenters. The predicted molar refractivity (Wildman–Crippen MR) is 120 cm³/mol. The maximum Gasteiger partial charge on any atom is 0.410 e. The van der Waals surface area contributed by atoms with Crippen molar-refractivity contribution in [1.29, 1.82) is 0 Å². The van der Waals surface area contributed by atoms with Crippen LogP contribution in [-0.2, 0) is 9.47 Å². The summed E-state index contributed by atoms with van der Waals surface area (Å²) in [5.41, 5.74) is 0.233. The lowest BCUT2D eigenvalue weighted by Crippen LogP contribution is -2.52. The molecule has 0 aromatic heterocycles. The summed E-state index contributed by atoms with van der Waals surface area (Å²) in [4.78, 5) is 31.8. The summed E-state index contributed by atoms with van der Waals surface area (Å²) in [6.45, 7) is 12.0. The van der Waals surface area contributed by atoms with Crippen molar-refractivity contribution in [3.63, 3.8) is 0 Å². The molecule has 7 heteroatoms. The molecular formula is C24H37N3O4.